The van der Waals surface area contributed by atoms with Crippen LogP contribution in [0.3, 0.4) is 0 Å². The largest absolute Gasteiger partial charge is 0.493 e. The highest BCUT2D eigenvalue weighted by molar-refractivity contribution is 5.99. The van der Waals surface area contributed by atoms with Crippen LogP contribution in [0.4, 0.5) is 0 Å². The first kappa shape index (κ1) is 22.6. The van der Waals surface area contributed by atoms with Crippen molar-refractivity contribution in [2.45, 2.75) is 31.9 Å². The molecule has 166 valence electrons. The lowest BCUT2D eigenvalue weighted by Crippen LogP contribution is -2.57. The van der Waals surface area contributed by atoms with Gasteiger partial charge in [-0.05, 0) is 42.5 Å². The average Bonchev–Trinajstić information content (AvgIpc) is 2.77. The number of nitrogens with zero attached hydrogens (tertiary/aromatic N) is 1. The predicted molar refractivity (Wildman–Crippen MR) is 113 cm³/mol. The molecule has 0 radical (unpaired) electrons. The number of rotatable bonds is 10. The standard InChI is InChI=1S/C23H28N2O6/c1-29-20-14-18(23(27)25-11-10-19(25)22(26)24-28)13-17(21(20)30-2)9-6-12-31-15-16-7-4-3-5-8-16/h3-5,7-8,13-14,19,28H,6,9-12,15H2,1-2H3,(H,24,26). The van der Waals surface area contributed by atoms with Gasteiger partial charge < -0.3 is 19.1 Å². The molecule has 2 aromatic carbocycles. The number of hydroxylamine groups is 1. The van der Waals surface area contributed by atoms with Crippen LogP contribution in [0.25, 0.3) is 0 Å². The second-order valence-electron chi connectivity index (χ2n) is 7.29. The Hall–Kier alpha value is -3.10. The van der Waals surface area contributed by atoms with Crippen LogP contribution < -0.4 is 15.0 Å². The van der Waals surface area contributed by atoms with Crippen molar-refractivity contribution in [3.63, 3.8) is 0 Å². The van der Waals surface area contributed by atoms with Crippen LogP contribution in [-0.4, -0.2) is 55.3 Å². The van der Waals surface area contributed by atoms with Crippen molar-refractivity contribution >= 4 is 11.8 Å². The summed E-state index contributed by atoms with van der Waals surface area (Å²) in [5.41, 5.74) is 3.97. The van der Waals surface area contributed by atoms with E-state index in [0.717, 1.165) is 17.5 Å². The average molecular weight is 428 g/mol. The predicted octanol–water partition coefficient (Wildman–Crippen LogP) is 2.57. The maximum atomic E-state index is 13.0. The maximum Gasteiger partial charge on any atom is 0.266 e. The number of carbonyl (C=O) groups excluding carboxylic acids is 2. The van der Waals surface area contributed by atoms with Crippen LogP contribution in [0.5, 0.6) is 11.5 Å². The summed E-state index contributed by atoms with van der Waals surface area (Å²) in [6.07, 6.45) is 1.89. The van der Waals surface area contributed by atoms with E-state index in [1.54, 1.807) is 24.7 Å². The highest BCUT2D eigenvalue weighted by Crippen LogP contribution is 2.34. The Morgan fingerprint density at radius 3 is 2.55 bits per heavy atom. The lowest BCUT2D eigenvalue weighted by molar-refractivity contribution is -0.137. The second kappa shape index (κ2) is 10.8. The molecule has 0 aromatic heterocycles. The van der Waals surface area contributed by atoms with E-state index in [1.165, 1.54) is 12.0 Å². The van der Waals surface area contributed by atoms with Gasteiger partial charge in [0.15, 0.2) is 11.5 Å². The minimum atomic E-state index is -0.666. The summed E-state index contributed by atoms with van der Waals surface area (Å²) < 4.78 is 16.7. The van der Waals surface area contributed by atoms with Crippen molar-refractivity contribution in [1.82, 2.24) is 10.4 Å². The number of benzene rings is 2. The number of ether oxygens (including phenoxy) is 3. The molecule has 31 heavy (non-hydrogen) atoms. The zero-order valence-electron chi connectivity index (χ0n) is 17.8. The highest BCUT2D eigenvalue weighted by Gasteiger charge is 2.38. The topological polar surface area (TPSA) is 97.3 Å². The fraction of sp³-hybridized carbons (Fsp3) is 0.391. The molecule has 0 bridgehead atoms. The number of methoxy groups -OCH3 is 2. The van der Waals surface area contributed by atoms with Gasteiger partial charge in [-0.3, -0.25) is 14.8 Å². The quantitative estimate of drug-likeness (QED) is 0.343. The van der Waals surface area contributed by atoms with Crippen molar-refractivity contribution in [2.75, 3.05) is 27.4 Å². The molecule has 0 spiro atoms. The Kier molecular flexibility index (Phi) is 7.86. The summed E-state index contributed by atoms with van der Waals surface area (Å²) in [6, 6.07) is 12.7. The molecule has 0 saturated carbocycles. The molecule has 8 nitrogen and oxygen atoms in total. The molecular formula is C23H28N2O6. The van der Waals surface area contributed by atoms with Crippen LogP contribution in [0.2, 0.25) is 0 Å². The van der Waals surface area contributed by atoms with Gasteiger partial charge in [0.2, 0.25) is 0 Å². The molecule has 8 heteroatoms. The van der Waals surface area contributed by atoms with Crippen molar-refractivity contribution < 1.29 is 29.0 Å². The van der Waals surface area contributed by atoms with Gasteiger partial charge >= 0.3 is 0 Å². The molecule has 1 fully saturated rings. The van der Waals surface area contributed by atoms with Gasteiger partial charge in [-0.15, -0.1) is 0 Å². The van der Waals surface area contributed by atoms with E-state index >= 15 is 0 Å². The van der Waals surface area contributed by atoms with Gasteiger partial charge in [-0.2, -0.15) is 0 Å². The van der Waals surface area contributed by atoms with E-state index in [4.69, 9.17) is 19.4 Å². The van der Waals surface area contributed by atoms with Crippen molar-refractivity contribution in [2.24, 2.45) is 0 Å². The maximum absolute atomic E-state index is 13.0. The van der Waals surface area contributed by atoms with Crippen LogP contribution in [0.1, 0.15) is 34.3 Å². The molecule has 2 amide bonds. The molecule has 1 aliphatic rings. The summed E-state index contributed by atoms with van der Waals surface area (Å²) in [4.78, 5) is 26.1. The zero-order valence-corrected chi connectivity index (χ0v) is 17.8. The number of nitrogens with one attached hydrogen (secondary N) is 1. The molecule has 1 saturated heterocycles. The van der Waals surface area contributed by atoms with E-state index in [9.17, 15) is 9.59 Å². The first-order valence-electron chi connectivity index (χ1n) is 10.2. The van der Waals surface area contributed by atoms with Gasteiger partial charge in [-0.1, -0.05) is 30.3 Å². The van der Waals surface area contributed by atoms with Gasteiger partial charge in [0.05, 0.1) is 20.8 Å². The Morgan fingerprint density at radius 1 is 1.16 bits per heavy atom. The fourth-order valence-corrected chi connectivity index (χ4v) is 3.62. The van der Waals surface area contributed by atoms with E-state index in [2.05, 4.69) is 0 Å². The summed E-state index contributed by atoms with van der Waals surface area (Å²) in [5, 5.41) is 8.86. The lowest BCUT2D eigenvalue weighted by atomic mass is 9.98. The Labute approximate surface area is 181 Å². The summed E-state index contributed by atoms with van der Waals surface area (Å²) >= 11 is 0. The Morgan fingerprint density at radius 2 is 1.94 bits per heavy atom. The lowest BCUT2D eigenvalue weighted by Gasteiger charge is -2.39. The molecule has 1 heterocycles. The molecular weight excluding hydrogens is 400 g/mol. The zero-order chi connectivity index (χ0) is 22.2. The van der Waals surface area contributed by atoms with E-state index in [-0.39, 0.29) is 5.91 Å². The molecule has 2 N–H and O–H groups in total. The molecule has 0 aliphatic carbocycles. The molecule has 3 rings (SSSR count). The molecule has 1 aliphatic heterocycles. The van der Waals surface area contributed by atoms with E-state index in [1.807, 2.05) is 30.3 Å². The van der Waals surface area contributed by atoms with Crippen molar-refractivity contribution in [3.05, 3.63) is 59.2 Å². The summed E-state index contributed by atoms with van der Waals surface area (Å²) in [5.74, 6) is 0.158. The van der Waals surface area contributed by atoms with Gasteiger partial charge in [0.1, 0.15) is 6.04 Å². The molecule has 1 unspecified atom stereocenters. The van der Waals surface area contributed by atoms with Crippen LogP contribution in [0, 0.1) is 0 Å². The fourth-order valence-electron chi connectivity index (χ4n) is 3.62. The third kappa shape index (κ3) is 5.34. The first-order valence-corrected chi connectivity index (χ1v) is 10.2. The highest BCUT2D eigenvalue weighted by atomic mass is 16.5. The number of hydrogen-bond acceptors (Lipinski definition) is 6. The summed E-state index contributed by atoms with van der Waals surface area (Å²) in [7, 11) is 3.08. The smallest absolute Gasteiger partial charge is 0.266 e. The Bertz CT molecular complexity index is 902. The second-order valence-corrected chi connectivity index (χ2v) is 7.29. The molecule has 1 atom stereocenters. The number of carbonyl (C=O) groups is 2. The third-order valence-corrected chi connectivity index (χ3v) is 5.34. The van der Waals surface area contributed by atoms with Crippen LogP contribution in [0.15, 0.2) is 42.5 Å². The SMILES string of the molecule is COc1cc(C(=O)N2CCC2C(=O)NO)cc(CCCOCc2ccccc2)c1OC. The first-order chi connectivity index (χ1) is 15.1. The van der Waals surface area contributed by atoms with Gasteiger partial charge in [-0.25, -0.2) is 5.48 Å². The van der Waals surface area contributed by atoms with Crippen molar-refractivity contribution in [1.29, 1.82) is 0 Å². The minimum Gasteiger partial charge on any atom is -0.493 e. The summed E-state index contributed by atoms with van der Waals surface area (Å²) in [6.45, 7) is 1.56. The third-order valence-electron chi connectivity index (χ3n) is 5.34. The van der Waals surface area contributed by atoms with E-state index in [0.29, 0.717) is 49.7 Å². The number of aryl methyl sites for hydroxylation is 1. The Balaban J connectivity index is 1.67. The number of hydrogen-bond donors (Lipinski definition) is 2. The molecule has 2 aromatic rings. The number of likely N-dealkylation sites (tertiary alicyclic amines) is 1. The van der Waals surface area contributed by atoms with Crippen LogP contribution in [-0.2, 0) is 22.6 Å². The van der Waals surface area contributed by atoms with Crippen molar-refractivity contribution in [3.8, 4) is 11.5 Å². The van der Waals surface area contributed by atoms with Gasteiger partial charge in [0, 0.05) is 18.7 Å². The normalized spacial score (nSPS) is 15.2. The van der Waals surface area contributed by atoms with E-state index < -0.39 is 11.9 Å². The van der Waals surface area contributed by atoms with Crippen LogP contribution >= 0.6 is 0 Å². The van der Waals surface area contributed by atoms with Gasteiger partial charge in [0.25, 0.3) is 11.8 Å². The number of amides is 2. The minimum absolute atomic E-state index is 0.289. The monoisotopic (exact) mass is 428 g/mol.